The van der Waals surface area contributed by atoms with E-state index in [4.69, 9.17) is 15.2 Å². The van der Waals surface area contributed by atoms with E-state index in [0.29, 0.717) is 31.0 Å². The standard InChI is InChI=1S/C18H22N6O3/c1-26-12-7-20-14-6-11(4-5-15(14)27-9-12)23-18-21-8-13(16(19)25)17(24-18)22-10-2-3-10/h4-6,8,10,12,20H,2-3,7,9H2,1H3,(H2,19,25)(H2,21,22,23,24). The Labute approximate surface area is 156 Å². The highest BCUT2D eigenvalue weighted by molar-refractivity contribution is 5.97. The van der Waals surface area contributed by atoms with Gasteiger partial charge in [0.1, 0.15) is 24.3 Å². The molecule has 1 fully saturated rings. The minimum absolute atomic E-state index is 0.00505. The quantitative estimate of drug-likeness (QED) is 0.606. The molecule has 2 aromatic rings. The van der Waals surface area contributed by atoms with Gasteiger partial charge in [0.2, 0.25) is 5.95 Å². The Morgan fingerprint density at radius 1 is 1.41 bits per heavy atom. The molecule has 142 valence electrons. The summed E-state index contributed by atoms with van der Waals surface area (Å²) in [4.78, 5) is 20.2. The molecule has 1 aromatic heterocycles. The number of methoxy groups -OCH3 is 1. The third kappa shape index (κ3) is 4.03. The number of amides is 1. The van der Waals surface area contributed by atoms with Gasteiger partial charge in [-0.25, -0.2) is 4.98 Å². The molecule has 0 spiro atoms. The highest BCUT2D eigenvalue weighted by atomic mass is 16.5. The van der Waals surface area contributed by atoms with Crippen molar-refractivity contribution < 1.29 is 14.3 Å². The summed E-state index contributed by atoms with van der Waals surface area (Å²) in [6.45, 7) is 1.16. The van der Waals surface area contributed by atoms with Crippen LogP contribution in [0.1, 0.15) is 23.2 Å². The molecule has 1 aromatic carbocycles. The van der Waals surface area contributed by atoms with E-state index >= 15 is 0 Å². The molecule has 1 aliphatic heterocycles. The maximum Gasteiger partial charge on any atom is 0.254 e. The second-order valence-electron chi connectivity index (χ2n) is 6.62. The summed E-state index contributed by atoms with van der Waals surface area (Å²) in [5.41, 5.74) is 7.36. The number of fused-ring (bicyclic) bond motifs is 1. The van der Waals surface area contributed by atoms with E-state index in [-0.39, 0.29) is 11.7 Å². The SMILES string of the molecule is COC1CNc2cc(Nc3ncc(C(N)=O)c(NC4CC4)n3)ccc2OC1. The van der Waals surface area contributed by atoms with Crippen molar-refractivity contribution in [2.45, 2.75) is 25.0 Å². The van der Waals surface area contributed by atoms with Gasteiger partial charge in [-0.05, 0) is 31.0 Å². The number of ether oxygens (including phenoxy) is 2. The van der Waals surface area contributed by atoms with E-state index < -0.39 is 5.91 Å². The van der Waals surface area contributed by atoms with Gasteiger partial charge in [0.15, 0.2) is 0 Å². The van der Waals surface area contributed by atoms with Crippen molar-refractivity contribution in [1.82, 2.24) is 9.97 Å². The van der Waals surface area contributed by atoms with Crippen molar-refractivity contribution in [3.05, 3.63) is 30.0 Å². The molecule has 5 N–H and O–H groups in total. The first kappa shape index (κ1) is 17.3. The van der Waals surface area contributed by atoms with Gasteiger partial charge < -0.3 is 31.2 Å². The topological polar surface area (TPSA) is 123 Å². The van der Waals surface area contributed by atoms with E-state index in [0.717, 1.165) is 30.0 Å². The van der Waals surface area contributed by atoms with E-state index in [9.17, 15) is 4.79 Å². The lowest BCUT2D eigenvalue weighted by Crippen LogP contribution is -2.25. The summed E-state index contributed by atoms with van der Waals surface area (Å²) in [6.07, 6.45) is 3.55. The zero-order chi connectivity index (χ0) is 18.8. The minimum atomic E-state index is -0.552. The third-order valence-electron chi connectivity index (χ3n) is 4.49. The van der Waals surface area contributed by atoms with Crippen molar-refractivity contribution in [2.24, 2.45) is 5.73 Å². The predicted octanol–water partition coefficient (Wildman–Crippen LogP) is 1.71. The van der Waals surface area contributed by atoms with Crippen molar-refractivity contribution in [3.63, 3.8) is 0 Å². The second-order valence-corrected chi connectivity index (χ2v) is 6.62. The van der Waals surface area contributed by atoms with E-state index in [1.54, 1.807) is 7.11 Å². The fourth-order valence-corrected chi connectivity index (χ4v) is 2.77. The van der Waals surface area contributed by atoms with Gasteiger partial charge in [0.25, 0.3) is 5.91 Å². The molecule has 1 atom stereocenters. The van der Waals surface area contributed by atoms with Crippen molar-refractivity contribution in [2.75, 3.05) is 36.2 Å². The first-order valence-corrected chi connectivity index (χ1v) is 8.86. The second kappa shape index (κ2) is 7.28. The van der Waals surface area contributed by atoms with Gasteiger partial charge >= 0.3 is 0 Å². The van der Waals surface area contributed by atoms with Crippen LogP contribution in [-0.4, -0.2) is 48.3 Å². The van der Waals surface area contributed by atoms with Crippen molar-refractivity contribution in [3.8, 4) is 5.75 Å². The summed E-state index contributed by atoms with van der Waals surface area (Å²) < 4.78 is 11.1. The number of hydrogen-bond donors (Lipinski definition) is 4. The Morgan fingerprint density at radius 3 is 3.00 bits per heavy atom. The van der Waals surface area contributed by atoms with Gasteiger partial charge in [-0.2, -0.15) is 4.98 Å². The average molecular weight is 370 g/mol. The van der Waals surface area contributed by atoms with Crippen LogP contribution in [0.2, 0.25) is 0 Å². The molecule has 0 bridgehead atoms. The van der Waals surface area contributed by atoms with Crippen LogP contribution in [0.5, 0.6) is 5.75 Å². The molecule has 27 heavy (non-hydrogen) atoms. The van der Waals surface area contributed by atoms with Crippen LogP contribution >= 0.6 is 0 Å². The first-order chi connectivity index (χ1) is 13.1. The van der Waals surface area contributed by atoms with Crippen LogP contribution in [0, 0.1) is 0 Å². The van der Waals surface area contributed by atoms with E-state index in [1.165, 1.54) is 6.20 Å². The number of benzene rings is 1. The lowest BCUT2D eigenvalue weighted by atomic mass is 10.2. The molecule has 1 aliphatic carbocycles. The normalized spacial score (nSPS) is 18.5. The number of aromatic nitrogens is 2. The molecular weight excluding hydrogens is 348 g/mol. The lowest BCUT2D eigenvalue weighted by Gasteiger charge is -2.13. The predicted molar refractivity (Wildman–Crippen MR) is 102 cm³/mol. The van der Waals surface area contributed by atoms with Gasteiger partial charge in [-0.15, -0.1) is 0 Å². The minimum Gasteiger partial charge on any atom is -0.489 e. The van der Waals surface area contributed by atoms with E-state index in [1.807, 2.05) is 18.2 Å². The third-order valence-corrected chi connectivity index (χ3v) is 4.49. The summed E-state index contributed by atoms with van der Waals surface area (Å²) in [5, 5.41) is 9.70. The fourth-order valence-electron chi connectivity index (χ4n) is 2.77. The number of nitrogens with one attached hydrogen (secondary N) is 3. The first-order valence-electron chi connectivity index (χ1n) is 8.86. The van der Waals surface area contributed by atoms with Gasteiger partial charge in [0.05, 0.1) is 11.3 Å². The van der Waals surface area contributed by atoms with Crippen LogP contribution in [0.15, 0.2) is 24.4 Å². The summed E-state index contributed by atoms with van der Waals surface area (Å²) in [7, 11) is 1.67. The number of carbonyl (C=O) groups excluding carboxylic acids is 1. The number of rotatable bonds is 6. The molecule has 9 heteroatoms. The molecule has 0 radical (unpaired) electrons. The maximum atomic E-state index is 11.6. The van der Waals surface area contributed by atoms with Crippen LogP contribution < -0.4 is 26.4 Å². The Hall–Kier alpha value is -3.07. The van der Waals surface area contributed by atoms with Crippen LogP contribution in [0.25, 0.3) is 0 Å². The molecule has 0 saturated heterocycles. The Bertz CT molecular complexity index is 855. The largest absolute Gasteiger partial charge is 0.489 e. The molecule has 9 nitrogen and oxygen atoms in total. The lowest BCUT2D eigenvalue weighted by molar-refractivity contribution is 0.0709. The summed E-state index contributed by atoms with van der Waals surface area (Å²) >= 11 is 0. The molecule has 1 saturated carbocycles. The number of nitrogens with zero attached hydrogens (tertiary/aromatic N) is 2. The van der Waals surface area contributed by atoms with Crippen LogP contribution in [0.3, 0.4) is 0 Å². The number of anilines is 4. The van der Waals surface area contributed by atoms with Crippen LogP contribution in [-0.2, 0) is 4.74 Å². The smallest absolute Gasteiger partial charge is 0.254 e. The summed E-state index contributed by atoms with van der Waals surface area (Å²) in [5.74, 6) is 1.05. The highest BCUT2D eigenvalue weighted by Crippen LogP contribution is 2.31. The summed E-state index contributed by atoms with van der Waals surface area (Å²) in [6, 6.07) is 6.03. The average Bonchev–Trinajstić information content (AvgIpc) is 3.48. The monoisotopic (exact) mass is 370 g/mol. The molecule has 4 rings (SSSR count). The maximum absolute atomic E-state index is 11.6. The number of nitrogens with two attached hydrogens (primary N) is 1. The van der Waals surface area contributed by atoms with Crippen LogP contribution in [0.4, 0.5) is 23.1 Å². The zero-order valence-electron chi connectivity index (χ0n) is 15.0. The van der Waals surface area contributed by atoms with Crippen molar-refractivity contribution >= 4 is 29.0 Å². The highest BCUT2D eigenvalue weighted by Gasteiger charge is 2.24. The molecule has 2 heterocycles. The van der Waals surface area contributed by atoms with Gasteiger partial charge in [-0.3, -0.25) is 4.79 Å². The Morgan fingerprint density at radius 2 is 2.26 bits per heavy atom. The zero-order valence-corrected chi connectivity index (χ0v) is 15.0. The Balaban J connectivity index is 1.54. The number of hydrogen-bond acceptors (Lipinski definition) is 8. The molecular formula is C18H22N6O3. The van der Waals surface area contributed by atoms with E-state index in [2.05, 4.69) is 25.9 Å². The molecule has 1 unspecified atom stereocenters. The molecule has 1 amide bonds. The van der Waals surface area contributed by atoms with Gasteiger partial charge in [-0.1, -0.05) is 0 Å². The molecule has 2 aliphatic rings. The van der Waals surface area contributed by atoms with Gasteiger partial charge in [0, 0.05) is 31.6 Å². The van der Waals surface area contributed by atoms with Crippen molar-refractivity contribution in [1.29, 1.82) is 0 Å². The Kier molecular flexibility index (Phi) is 4.68. The fraction of sp³-hybridized carbons (Fsp3) is 0.389. The number of carbonyl (C=O) groups is 1. The number of primary amides is 1.